The van der Waals surface area contributed by atoms with Crippen molar-refractivity contribution < 1.29 is 4.52 Å². The molecule has 2 aromatic heterocycles. The molecule has 0 radical (unpaired) electrons. The molecule has 0 saturated carbocycles. The van der Waals surface area contributed by atoms with Crippen molar-refractivity contribution in [2.24, 2.45) is 5.73 Å². The normalized spacial score (nSPS) is 19.0. The van der Waals surface area contributed by atoms with E-state index >= 15 is 0 Å². The minimum absolute atomic E-state index is 0.221. The SMILES string of the molecule is NC1CCc2c(Cc3ccccn3)noc2C1. The van der Waals surface area contributed by atoms with E-state index in [1.54, 1.807) is 6.20 Å². The first-order valence-corrected chi connectivity index (χ1v) is 5.94. The molecule has 0 spiro atoms. The van der Waals surface area contributed by atoms with Crippen molar-refractivity contribution in [3.63, 3.8) is 0 Å². The predicted octanol–water partition coefficient (Wildman–Crippen LogP) is 1.48. The number of aromatic nitrogens is 2. The third-order valence-corrected chi connectivity index (χ3v) is 3.24. The Balaban J connectivity index is 1.85. The number of hydrogen-bond acceptors (Lipinski definition) is 4. The van der Waals surface area contributed by atoms with Gasteiger partial charge in [-0.1, -0.05) is 11.2 Å². The summed E-state index contributed by atoms with van der Waals surface area (Å²) in [5, 5.41) is 4.16. The van der Waals surface area contributed by atoms with Crippen LogP contribution in [-0.2, 0) is 19.3 Å². The Hall–Kier alpha value is -1.68. The topological polar surface area (TPSA) is 64.9 Å². The highest BCUT2D eigenvalue weighted by atomic mass is 16.5. The number of pyridine rings is 1. The standard InChI is InChI=1S/C13H15N3O/c14-9-4-5-11-12(16-17-13(11)7-9)8-10-3-1-2-6-15-10/h1-3,6,9H,4-5,7-8,14H2. The van der Waals surface area contributed by atoms with Crippen LogP contribution in [0.15, 0.2) is 28.9 Å². The van der Waals surface area contributed by atoms with E-state index in [0.717, 1.165) is 42.8 Å². The van der Waals surface area contributed by atoms with Gasteiger partial charge in [-0.2, -0.15) is 0 Å². The number of nitrogens with zero attached hydrogens (tertiary/aromatic N) is 2. The van der Waals surface area contributed by atoms with E-state index in [2.05, 4.69) is 10.1 Å². The largest absolute Gasteiger partial charge is 0.361 e. The molecule has 88 valence electrons. The smallest absolute Gasteiger partial charge is 0.141 e. The molecule has 1 aliphatic carbocycles. The van der Waals surface area contributed by atoms with Gasteiger partial charge in [0.2, 0.25) is 0 Å². The monoisotopic (exact) mass is 229 g/mol. The lowest BCUT2D eigenvalue weighted by Crippen LogP contribution is -2.27. The number of nitrogens with two attached hydrogens (primary N) is 1. The number of rotatable bonds is 2. The average Bonchev–Trinajstić information content (AvgIpc) is 2.73. The fourth-order valence-electron chi connectivity index (χ4n) is 2.31. The lowest BCUT2D eigenvalue weighted by molar-refractivity contribution is 0.359. The summed E-state index contributed by atoms with van der Waals surface area (Å²) in [6.07, 6.45) is 5.35. The summed E-state index contributed by atoms with van der Waals surface area (Å²) in [4.78, 5) is 4.31. The van der Waals surface area contributed by atoms with Crippen LogP contribution in [0, 0.1) is 0 Å². The van der Waals surface area contributed by atoms with E-state index in [4.69, 9.17) is 10.3 Å². The van der Waals surface area contributed by atoms with Crippen molar-refractivity contribution in [3.8, 4) is 0 Å². The summed E-state index contributed by atoms with van der Waals surface area (Å²) in [6, 6.07) is 6.14. The molecule has 4 heteroatoms. The molecule has 0 amide bonds. The highest BCUT2D eigenvalue weighted by Gasteiger charge is 2.23. The number of hydrogen-bond donors (Lipinski definition) is 1. The summed E-state index contributed by atoms with van der Waals surface area (Å²) in [5.41, 5.74) is 9.20. The van der Waals surface area contributed by atoms with Crippen LogP contribution in [0.3, 0.4) is 0 Å². The average molecular weight is 229 g/mol. The Kier molecular flexibility index (Phi) is 2.65. The molecule has 3 rings (SSSR count). The van der Waals surface area contributed by atoms with Crippen LogP contribution >= 0.6 is 0 Å². The fraction of sp³-hybridized carbons (Fsp3) is 0.385. The van der Waals surface area contributed by atoms with Gasteiger partial charge in [-0.3, -0.25) is 4.98 Å². The molecule has 1 aliphatic rings. The predicted molar refractivity (Wildman–Crippen MR) is 63.5 cm³/mol. The highest BCUT2D eigenvalue weighted by molar-refractivity contribution is 5.29. The fourth-order valence-corrected chi connectivity index (χ4v) is 2.31. The van der Waals surface area contributed by atoms with Gasteiger partial charge in [0, 0.05) is 36.3 Å². The summed E-state index contributed by atoms with van der Waals surface area (Å²) < 4.78 is 5.37. The van der Waals surface area contributed by atoms with Gasteiger partial charge in [0.05, 0.1) is 5.69 Å². The van der Waals surface area contributed by atoms with Crippen molar-refractivity contribution >= 4 is 0 Å². The van der Waals surface area contributed by atoms with Crippen LogP contribution in [0.25, 0.3) is 0 Å². The Morgan fingerprint density at radius 1 is 1.41 bits per heavy atom. The van der Waals surface area contributed by atoms with Gasteiger partial charge in [-0.15, -0.1) is 0 Å². The molecule has 0 saturated heterocycles. The molecule has 1 atom stereocenters. The molecule has 0 aromatic carbocycles. The second-order valence-electron chi connectivity index (χ2n) is 4.53. The van der Waals surface area contributed by atoms with Gasteiger partial charge < -0.3 is 10.3 Å². The third-order valence-electron chi connectivity index (χ3n) is 3.24. The van der Waals surface area contributed by atoms with Gasteiger partial charge in [0.15, 0.2) is 0 Å². The van der Waals surface area contributed by atoms with Gasteiger partial charge in [0.25, 0.3) is 0 Å². The van der Waals surface area contributed by atoms with E-state index in [1.807, 2.05) is 18.2 Å². The molecule has 1 unspecified atom stereocenters. The zero-order valence-corrected chi connectivity index (χ0v) is 9.60. The Bertz CT molecular complexity index is 507. The van der Waals surface area contributed by atoms with Crippen molar-refractivity contribution in [1.29, 1.82) is 0 Å². The van der Waals surface area contributed by atoms with Crippen molar-refractivity contribution in [2.75, 3.05) is 0 Å². The molecular formula is C13H15N3O. The van der Waals surface area contributed by atoms with Crippen molar-refractivity contribution in [3.05, 3.63) is 47.1 Å². The van der Waals surface area contributed by atoms with Crippen LogP contribution in [-0.4, -0.2) is 16.2 Å². The van der Waals surface area contributed by atoms with Gasteiger partial charge in [-0.25, -0.2) is 0 Å². The molecule has 17 heavy (non-hydrogen) atoms. The maximum Gasteiger partial charge on any atom is 0.141 e. The molecular weight excluding hydrogens is 214 g/mol. The summed E-state index contributed by atoms with van der Waals surface area (Å²) in [7, 11) is 0. The zero-order valence-electron chi connectivity index (χ0n) is 9.60. The summed E-state index contributed by atoms with van der Waals surface area (Å²) in [6.45, 7) is 0. The van der Waals surface area contributed by atoms with Crippen LogP contribution in [0.1, 0.15) is 29.1 Å². The van der Waals surface area contributed by atoms with Crippen molar-refractivity contribution in [2.45, 2.75) is 31.7 Å². The minimum Gasteiger partial charge on any atom is -0.361 e. The first-order valence-electron chi connectivity index (χ1n) is 5.94. The Morgan fingerprint density at radius 3 is 3.18 bits per heavy atom. The van der Waals surface area contributed by atoms with E-state index < -0.39 is 0 Å². The first-order chi connectivity index (χ1) is 8.33. The lowest BCUT2D eigenvalue weighted by Gasteiger charge is -2.16. The molecule has 0 aliphatic heterocycles. The maximum absolute atomic E-state index is 5.91. The van der Waals surface area contributed by atoms with Gasteiger partial charge >= 0.3 is 0 Å². The molecule has 0 bridgehead atoms. The third kappa shape index (κ3) is 2.08. The molecule has 0 fully saturated rings. The van der Waals surface area contributed by atoms with Crippen molar-refractivity contribution in [1.82, 2.24) is 10.1 Å². The van der Waals surface area contributed by atoms with E-state index in [1.165, 1.54) is 5.56 Å². The van der Waals surface area contributed by atoms with E-state index in [-0.39, 0.29) is 6.04 Å². The quantitative estimate of drug-likeness (QED) is 0.847. The number of fused-ring (bicyclic) bond motifs is 1. The van der Waals surface area contributed by atoms with Gasteiger partial charge in [-0.05, 0) is 25.0 Å². The molecule has 2 N–H and O–H groups in total. The van der Waals surface area contributed by atoms with Gasteiger partial charge in [0.1, 0.15) is 5.76 Å². The first kappa shape index (κ1) is 10.5. The Labute approximate surface area is 99.8 Å². The maximum atomic E-state index is 5.91. The van der Waals surface area contributed by atoms with Crippen LogP contribution in [0.2, 0.25) is 0 Å². The molecule has 4 nitrogen and oxygen atoms in total. The minimum atomic E-state index is 0.221. The second kappa shape index (κ2) is 4.30. The van der Waals surface area contributed by atoms with Crippen LogP contribution in [0.5, 0.6) is 0 Å². The Morgan fingerprint density at radius 2 is 2.35 bits per heavy atom. The highest BCUT2D eigenvalue weighted by Crippen LogP contribution is 2.24. The summed E-state index contributed by atoms with van der Waals surface area (Å²) in [5.74, 6) is 0.967. The second-order valence-corrected chi connectivity index (χ2v) is 4.53. The lowest BCUT2D eigenvalue weighted by atomic mass is 9.92. The van der Waals surface area contributed by atoms with E-state index in [9.17, 15) is 0 Å². The zero-order chi connectivity index (χ0) is 11.7. The van der Waals surface area contributed by atoms with E-state index in [0.29, 0.717) is 0 Å². The van der Waals surface area contributed by atoms with Crippen LogP contribution < -0.4 is 5.73 Å². The summed E-state index contributed by atoms with van der Waals surface area (Å²) >= 11 is 0. The molecule has 2 aromatic rings. The van der Waals surface area contributed by atoms with Crippen LogP contribution in [0.4, 0.5) is 0 Å². The molecule has 2 heterocycles.